The van der Waals surface area contributed by atoms with Crippen LogP contribution in [0.15, 0.2) is 97.1 Å². The van der Waals surface area contributed by atoms with Crippen LogP contribution in [0, 0.1) is 114 Å². The normalized spacial score (nSPS) is 22.8. The summed E-state index contributed by atoms with van der Waals surface area (Å²) in [5, 5.41) is 22.1. The van der Waals surface area contributed by atoms with Gasteiger partial charge in [0.1, 0.15) is 28.6 Å². The van der Waals surface area contributed by atoms with Crippen molar-refractivity contribution in [1.82, 2.24) is 0 Å². The molecule has 24 heteroatoms. The molecule has 2 N–H and O–H groups in total. The molecule has 0 radical (unpaired) electrons. The predicted molar refractivity (Wildman–Crippen MR) is 498 cm³/mol. The maximum atomic E-state index is 13.3. The summed E-state index contributed by atoms with van der Waals surface area (Å²) in [6.07, 6.45) is 7.32. The molecular weight excluding hydrogens is 1650 g/mol. The number of carbonyl (C=O) groups excluding carboxylic acids is 7. The second kappa shape index (κ2) is 45.4. The van der Waals surface area contributed by atoms with Crippen LogP contribution in [0.1, 0.15) is 291 Å². The Morgan fingerprint density at radius 1 is 0.532 bits per heavy atom. The number of aryl methyl sites for hydroxylation is 3. The lowest BCUT2D eigenvalue weighted by molar-refractivity contribution is -0.239. The highest BCUT2D eigenvalue weighted by Gasteiger charge is 2.65. The smallest absolute Gasteiger partial charge is 0.426 e. The summed E-state index contributed by atoms with van der Waals surface area (Å²) in [5.74, 6) is 4.06. The fraction of sp³-hybridized carbons (Fsp3) is 0.637. The SMILES string of the molecule is C.C.C.C.C.C1CC2CC1C1C3CCC(C3)C21.CCC(C)(C)C(=O)OC12CC3CC(C1)CC(C(=O)OC(CS(=O)(=O)[O-])C(F)(F)F)(C3)C2.CCC(C)(C)C(=O)OC1CCOC1=O.CCC(C)(C)C(=O)Oc1cc(C)c(O)c(C)c1C.CCC(C)(C)C(=O)Oc1cc(C)c(O)cc1C.CCOC(=O)C(C)(C)CC.c1ccc(-[s+]2c3ccccc3c3ccccc32)cc1. The van der Waals surface area contributed by atoms with Crippen LogP contribution in [-0.2, 0) is 67.4 Å². The number of phenols is 2. The maximum Gasteiger partial charge on any atom is 0.426 e. The molecule has 9 fully saturated rings. The van der Waals surface area contributed by atoms with Gasteiger partial charge in [-0.2, -0.15) is 13.2 Å². The number of cyclic esters (lactones) is 1. The number of carbonyl (C=O) groups is 7. The molecule has 1 aromatic heterocycles. The van der Waals surface area contributed by atoms with Crippen LogP contribution in [0.3, 0.4) is 0 Å². The lowest BCUT2D eigenvalue weighted by Gasteiger charge is -2.60. The molecule has 8 aliphatic carbocycles. The summed E-state index contributed by atoms with van der Waals surface area (Å²) < 4.78 is 111. The Kier molecular flexibility index (Phi) is 40.4. The van der Waals surface area contributed by atoms with Gasteiger partial charge in [-0.05, 0) is 343 Å². The van der Waals surface area contributed by atoms with Crippen LogP contribution in [0.25, 0.3) is 25.1 Å². The van der Waals surface area contributed by atoms with Crippen molar-refractivity contribution in [1.29, 1.82) is 0 Å². The molecule has 5 aromatic carbocycles. The van der Waals surface area contributed by atoms with Crippen molar-refractivity contribution in [2.24, 2.45) is 79.8 Å². The van der Waals surface area contributed by atoms with E-state index in [1.807, 2.05) is 96.9 Å². The minimum absolute atomic E-state index is 0. The van der Waals surface area contributed by atoms with E-state index in [0.717, 1.165) is 47.9 Å². The number of ether oxygens (including phenoxy) is 7. The van der Waals surface area contributed by atoms with Crippen LogP contribution in [0.5, 0.6) is 23.0 Å². The third-order valence-electron chi connectivity index (χ3n) is 27.4. The van der Waals surface area contributed by atoms with Crippen molar-refractivity contribution >= 4 is 82.5 Å². The van der Waals surface area contributed by atoms with Gasteiger partial charge < -0.3 is 47.9 Å². The van der Waals surface area contributed by atoms with E-state index in [9.17, 15) is 69.9 Å². The number of hydrogen-bond donors (Lipinski definition) is 2. The lowest BCUT2D eigenvalue weighted by atomic mass is 9.48. The fourth-order valence-corrected chi connectivity index (χ4v) is 21.1. The van der Waals surface area contributed by atoms with Gasteiger partial charge in [0.15, 0.2) is 14.3 Å². The molecule has 0 spiro atoms. The Balaban J connectivity index is 0.000000387. The summed E-state index contributed by atoms with van der Waals surface area (Å²) in [5.41, 5.74) is -1.03. The number of aromatic hydroxyl groups is 2. The lowest BCUT2D eigenvalue weighted by Crippen LogP contribution is -2.61. The topological polar surface area (TPSA) is 282 Å². The van der Waals surface area contributed by atoms with E-state index >= 15 is 0 Å². The van der Waals surface area contributed by atoms with E-state index in [1.54, 1.807) is 105 Å². The van der Waals surface area contributed by atoms with Crippen LogP contribution in [0.4, 0.5) is 13.2 Å². The molecule has 708 valence electrons. The predicted octanol–water partition coefficient (Wildman–Crippen LogP) is 25.6. The standard InChI is InChI=1S/C20H29F3O7S.C18H13S.C15H22O3.C14H20O3.C12H18.C10H16O4.C8H16O2.5CH4/c1-4-17(2,3)15(24)30-19-8-12-5-13(9-19)7-18(6-12,11-19)16(25)29-14(20(21,22)23)10-31(26,27)28;1-2-8-14(9-3-1)19-17-12-6-4-10-15(17)16-11-5-7-13-18(16)19;1-7-15(5,6)14(17)18-12-8-9(2)13(16)11(4)10(12)3;1-6-14(4,5)13(16)17-12-8-9(2)11(15)7-10(12)3;1-2-8-5-7(1)11-9-3-4-10(6-9)12(8)11;1-4-10(2,3)9(12)14-7-5-6-13-8(7)11;1-5-8(3,4)7(9)10-6-2;;;;;/h12-14H,4-11H2,1-3H3,(H,26,27,28);1-13H;8,16H,7H2,1-6H3;7-8,15H,6H2,1-5H3;7-12H,1-6H2;7H,4-6H2,1-3H3;5-6H2,1-4H3;5*1H4/q;+1;;;;;;;;;;/p-1. The maximum absolute atomic E-state index is 13.3. The van der Waals surface area contributed by atoms with Gasteiger partial charge in [-0.25, -0.2) is 13.2 Å². The van der Waals surface area contributed by atoms with Gasteiger partial charge in [-0.1, -0.05) is 114 Å². The Morgan fingerprint density at radius 2 is 0.952 bits per heavy atom. The third kappa shape index (κ3) is 27.0. The molecule has 8 unspecified atom stereocenters. The van der Waals surface area contributed by atoms with Gasteiger partial charge in [0, 0.05) is 34.1 Å². The molecule has 8 bridgehead atoms. The molecule has 1 saturated heterocycles. The quantitative estimate of drug-likeness (QED) is 0.0179. The molecule has 8 atom stereocenters. The summed E-state index contributed by atoms with van der Waals surface area (Å²) >= 11 is 0. The van der Waals surface area contributed by atoms with Crippen molar-refractivity contribution < 1.29 is 103 Å². The van der Waals surface area contributed by atoms with E-state index in [4.69, 9.17) is 28.4 Å². The molecule has 15 rings (SSSR count). The van der Waals surface area contributed by atoms with E-state index in [2.05, 4.69) is 83.6 Å². The van der Waals surface area contributed by atoms with Crippen LogP contribution in [-0.4, -0.2) is 108 Å². The molecule has 1 aliphatic heterocycles. The molecule has 6 aromatic rings. The van der Waals surface area contributed by atoms with Gasteiger partial charge in [-0.15, -0.1) is 0 Å². The minimum atomic E-state index is -5.27. The van der Waals surface area contributed by atoms with Crippen molar-refractivity contribution in [3.05, 3.63) is 125 Å². The second-order valence-electron chi connectivity index (χ2n) is 38.1. The number of phenolic OH excluding ortho intramolecular Hbond substituents is 2. The first-order chi connectivity index (χ1) is 56.4. The van der Waals surface area contributed by atoms with Gasteiger partial charge in [-0.3, -0.25) is 28.8 Å². The zero-order valence-electron chi connectivity index (χ0n) is 75.1. The fourth-order valence-electron chi connectivity index (χ4n) is 18.1. The monoisotopic (exact) mass is 1800 g/mol. The zero-order valence-corrected chi connectivity index (χ0v) is 76.8. The summed E-state index contributed by atoms with van der Waals surface area (Å²) in [7, 11) is -5.21. The van der Waals surface area contributed by atoms with E-state index < -0.39 is 84.8 Å². The molecule has 2 heterocycles. The Labute approximate surface area is 755 Å². The number of halogens is 3. The van der Waals surface area contributed by atoms with Crippen LogP contribution in [0.2, 0.25) is 0 Å². The molecule has 126 heavy (non-hydrogen) atoms. The van der Waals surface area contributed by atoms with Crippen molar-refractivity contribution in [2.45, 2.75) is 322 Å². The first-order valence-electron chi connectivity index (χ1n) is 43.4. The third-order valence-corrected chi connectivity index (χ3v) is 30.4. The van der Waals surface area contributed by atoms with Gasteiger partial charge >= 0.3 is 48.0 Å². The first-order valence-corrected chi connectivity index (χ1v) is 46.2. The van der Waals surface area contributed by atoms with Crippen LogP contribution >= 0.6 is 10.5 Å². The summed E-state index contributed by atoms with van der Waals surface area (Å²) in [4.78, 5) is 84.7. The highest BCUT2D eigenvalue weighted by molar-refractivity contribution is 7.85. The number of esters is 7. The van der Waals surface area contributed by atoms with E-state index in [0.29, 0.717) is 75.2 Å². The van der Waals surface area contributed by atoms with Crippen molar-refractivity contribution in [3.8, 4) is 27.9 Å². The molecule has 8 saturated carbocycles. The molecular formula is C102H153F3O19S2. The van der Waals surface area contributed by atoms with E-state index in [-0.39, 0.29) is 107 Å². The average molecular weight is 1800 g/mol. The first kappa shape index (κ1) is 112. The second-order valence-corrected chi connectivity index (χ2v) is 41.5. The highest BCUT2D eigenvalue weighted by Crippen LogP contribution is 2.68. The van der Waals surface area contributed by atoms with Gasteiger partial charge in [0.25, 0.3) is 0 Å². The van der Waals surface area contributed by atoms with Gasteiger partial charge in [0.2, 0.25) is 12.2 Å². The molecule has 19 nitrogen and oxygen atoms in total. The van der Waals surface area contributed by atoms with Crippen LogP contribution < -0.4 is 9.47 Å². The largest absolute Gasteiger partial charge is 0.748 e. The number of rotatable bonds is 20. The Hall–Kier alpha value is -8.09. The number of alkyl halides is 3. The highest BCUT2D eigenvalue weighted by atomic mass is 32.2. The molecule has 0 amide bonds. The number of benzene rings is 5. The number of thiophene rings is 1. The summed E-state index contributed by atoms with van der Waals surface area (Å²) in [6, 6.07) is 33.4. The van der Waals surface area contributed by atoms with Crippen molar-refractivity contribution in [3.63, 3.8) is 0 Å². The van der Waals surface area contributed by atoms with Gasteiger partial charge in [0.05, 0.1) is 61.6 Å². The number of fused-ring (bicyclic) bond motifs is 12. The Bertz CT molecular complexity index is 4660. The van der Waals surface area contributed by atoms with E-state index in [1.165, 1.54) is 60.6 Å². The Morgan fingerprint density at radius 3 is 1.38 bits per heavy atom. The zero-order chi connectivity index (χ0) is 90.1. The minimum Gasteiger partial charge on any atom is -0.748 e. The average Bonchev–Trinajstić information content (AvgIpc) is 0.798. The van der Waals surface area contributed by atoms with Crippen molar-refractivity contribution in [2.75, 3.05) is 19.0 Å². The number of hydrogen-bond acceptors (Lipinski definition) is 19. The molecule has 9 aliphatic rings. The summed E-state index contributed by atoms with van der Waals surface area (Å²) in [6.45, 7) is 39.7.